The van der Waals surface area contributed by atoms with E-state index >= 15 is 0 Å². The summed E-state index contributed by atoms with van der Waals surface area (Å²) >= 11 is 0. The number of Topliss-reactive ketones (excluding diaryl/α,β-unsaturated/α-hetero) is 1. The van der Waals surface area contributed by atoms with Gasteiger partial charge in [0.1, 0.15) is 0 Å². The highest BCUT2D eigenvalue weighted by Crippen LogP contribution is 2.08. The van der Waals surface area contributed by atoms with E-state index in [-0.39, 0.29) is 24.2 Å². The van der Waals surface area contributed by atoms with Gasteiger partial charge in [-0.3, -0.25) is 4.79 Å². The Hall–Kier alpha value is -0.120. The fourth-order valence-corrected chi connectivity index (χ4v) is 1.24. The Balaban J connectivity index is 0.000001000. The minimum Gasteiger partial charge on any atom is -0.391 e. The van der Waals surface area contributed by atoms with Gasteiger partial charge in [-0.25, -0.2) is 0 Å². The highest BCUT2D eigenvalue weighted by molar-refractivity contribution is 5.85. The molecule has 1 saturated heterocycles. The fraction of sp³-hybridized carbons (Fsp3) is 0.857. The van der Waals surface area contributed by atoms with Crippen molar-refractivity contribution in [2.24, 2.45) is 0 Å². The quantitative estimate of drug-likeness (QED) is 0.633. The second-order valence-corrected chi connectivity index (χ2v) is 2.61. The van der Waals surface area contributed by atoms with E-state index in [1.807, 2.05) is 6.92 Å². The molecule has 1 rings (SSSR count). The third-order valence-electron chi connectivity index (χ3n) is 1.88. The average Bonchev–Trinajstić information content (AvgIpc) is 2.34. The molecule has 0 aromatic carbocycles. The molecule has 0 aliphatic carbocycles. The van der Waals surface area contributed by atoms with Crippen molar-refractivity contribution in [2.45, 2.75) is 31.9 Å². The molecule has 66 valence electrons. The first kappa shape index (κ1) is 10.9. The van der Waals surface area contributed by atoms with E-state index < -0.39 is 6.10 Å². The molecule has 1 aliphatic heterocycles. The Morgan fingerprint density at radius 1 is 1.73 bits per heavy atom. The lowest BCUT2D eigenvalue weighted by atomic mass is 10.1. The number of carbonyl (C=O) groups excluding carboxylic acids is 1. The highest BCUT2D eigenvalue weighted by atomic mass is 35.5. The lowest BCUT2D eigenvalue weighted by molar-refractivity contribution is -0.122. The van der Waals surface area contributed by atoms with E-state index in [4.69, 9.17) is 0 Å². The molecule has 0 spiro atoms. The number of nitrogens with one attached hydrogen (secondary N) is 1. The molecular formula is C7H14ClNO2. The van der Waals surface area contributed by atoms with E-state index in [0.29, 0.717) is 12.8 Å². The Morgan fingerprint density at radius 3 is 2.73 bits per heavy atom. The number of carbonyl (C=O) groups is 1. The Kier molecular flexibility index (Phi) is 4.65. The van der Waals surface area contributed by atoms with Gasteiger partial charge in [-0.1, -0.05) is 6.92 Å². The van der Waals surface area contributed by atoms with Gasteiger partial charge in [-0.2, -0.15) is 0 Å². The third-order valence-corrected chi connectivity index (χ3v) is 1.88. The number of hydrogen-bond donors (Lipinski definition) is 2. The van der Waals surface area contributed by atoms with Gasteiger partial charge in [0.25, 0.3) is 0 Å². The zero-order valence-corrected chi connectivity index (χ0v) is 7.36. The van der Waals surface area contributed by atoms with Crippen LogP contribution in [0.1, 0.15) is 19.8 Å². The summed E-state index contributed by atoms with van der Waals surface area (Å²) in [5.41, 5.74) is 0. The minimum atomic E-state index is -0.451. The number of ketones is 1. The van der Waals surface area contributed by atoms with Crippen molar-refractivity contribution in [1.29, 1.82) is 0 Å². The van der Waals surface area contributed by atoms with E-state index in [0.717, 1.165) is 6.54 Å². The largest absolute Gasteiger partial charge is 0.391 e. The second-order valence-electron chi connectivity index (χ2n) is 2.61. The summed E-state index contributed by atoms with van der Waals surface area (Å²) < 4.78 is 0. The van der Waals surface area contributed by atoms with E-state index in [1.54, 1.807) is 0 Å². The summed E-state index contributed by atoms with van der Waals surface area (Å²) in [5.74, 6) is 0.116. The molecule has 4 heteroatoms. The molecule has 0 bridgehead atoms. The van der Waals surface area contributed by atoms with E-state index in [1.165, 1.54) is 0 Å². The van der Waals surface area contributed by atoms with Gasteiger partial charge in [0, 0.05) is 6.42 Å². The molecule has 0 aromatic heterocycles. The molecule has 2 unspecified atom stereocenters. The van der Waals surface area contributed by atoms with Crippen molar-refractivity contribution in [3.8, 4) is 0 Å². The van der Waals surface area contributed by atoms with E-state index in [2.05, 4.69) is 5.32 Å². The topological polar surface area (TPSA) is 49.3 Å². The summed E-state index contributed by atoms with van der Waals surface area (Å²) in [6.45, 7) is 2.58. The summed E-state index contributed by atoms with van der Waals surface area (Å²) in [5, 5.41) is 12.2. The lowest BCUT2D eigenvalue weighted by Gasteiger charge is -2.10. The zero-order valence-electron chi connectivity index (χ0n) is 6.54. The van der Waals surface area contributed by atoms with Crippen LogP contribution in [-0.2, 0) is 4.79 Å². The molecule has 1 fully saturated rings. The van der Waals surface area contributed by atoms with Crippen molar-refractivity contribution in [3.05, 3.63) is 0 Å². The SMILES string of the molecule is CCC(=O)C1NCCC1O.Cl. The Bertz CT molecular complexity index is 140. The van der Waals surface area contributed by atoms with Gasteiger partial charge in [-0.05, 0) is 13.0 Å². The van der Waals surface area contributed by atoms with Gasteiger partial charge < -0.3 is 10.4 Å². The molecule has 1 heterocycles. The predicted octanol–water partition coefficient (Wildman–Crippen LogP) is 0.110. The second kappa shape index (κ2) is 4.70. The summed E-state index contributed by atoms with van der Waals surface area (Å²) in [6.07, 6.45) is 0.762. The molecule has 2 N–H and O–H groups in total. The van der Waals surface area contributed by atoms with Crippen LogP contribution in [0.15, 0.2) is 0 Å². The zero-order chi connectivity index (χ0) is 7.56. The summed E-state index contributed by atoms with van der Waals surface area (Å²) in [6, 6.07) is -0.287. The van der Waals surface area contributed by atoms with Crippen LogP contribution in [0, 0.1) is 0 Å². The molecule has 0 amide bonds. The van der Waals surface area contributed by atoms with Gasteiger partial charge in [-0.15, -0.1) is 12.4 Å². The average molecular weight is 180 g/mol. The maximum Gasteiger partial charge on any atom is 0.152 e. The first-order valence-electron chi connectivity index (χ1n) is 3.70. The van der Waals surface area contributed by atoms with Crippen molar-refractivity contribution in [3.63, 3.8) is 0 Å². The molecule has 0 radical (unpaired) electrons. The van der Waals surface area contributed by atoms with Gasteiger partial charge >= 0.3 is 0 Å². The van der Waals surface area contributed by atoms with Crippen LogP contribution in [0.3, 0.4) is 0 Å². The van der Waals surface area contributed by atoms with Gasteiger partial charge in [0.05, 0.1) is 12.1 Å². The third kappa shape index (κ3) is 2.43. The summed E-state index contributed by atoms with van der Waals surface area (Å²) in [4.78, 5) is 11.0. The number of rotatable bonds is 2. The van der Waals surface area contributed by atoms with E-state index in [9.17, 15) is 9.90 Å². The van der Waals surface area contributed by atoms with Crippen LogP contribution < -0.4 is 5.32 Å². The molecule has 2 atom stereocenters. The highest BCUT2D eigenvalue weighted by Gasteiger charge is 2.29. The molecule has 0 saturated carbocycles. The van der Waals surface area contributed by atoms with Crippen LogP contribution in [0.4, 0.5) is 0 Å². The minimum absolute atomic E-state index is 0. The maximum absolute atomic E-state index is 11.0. The van der Waals surface area contributed by atoms with Crippen LogP contribution in [0.2, 0.25) is 0 Å². The smallest absolute Gasteiger partial charge is 0.152 e. The predicted molar refractivity (Wildman–Crippen MR) is 45.0 cm³/mol. The van der Waals surface area contributed by atoms with Crippen LogP contribution >= 0.6 is 12.4 Å². The maximum atomic E-state index is 11.0. The Labute approximate surface area is 72.6 Å². The normalized spacial score (nSPS) is 29.6. The molecular weight excluding hydrogens is 166 g/mol. The van der Waals surface area contributed by atoms with Crippen LogP contribution in [0.25, 0.3) is 0 Å². The van der Waals surface area contributed by atoms with Crippen LogP contribution in [0.5, 0.6) is 0 Å². The lowest BCUT2D eigenvalue weighted by Crippen LogP contribution is -2.37. The molecule has 1 aliphatic rings. The van der Waals surface area contributed by atoms with Crippen molar-refractivity contribution in [1.82, 2.24) is 5.32 Å². The standard InChI is InChI=1S/C7H13NO2.ClH/c1-2-5(9)7-6(10)3-4-8-7;/h6-8,10H,2-4H2,1H3;1H. The fourth-order valence-electron chi connectivity index (χ4n) is 1.24. The van der Waals surface area contributed by atoms with Crippen molar-refractivity contribution >= 4 is 18.2 Å². The van der Waals surface area contributed by atoms with Crippen molar-refractivity contribution in [2.75, 3.05) is 6.54 Å². The van der Waals surface area contributed by atoms with Crippen LogP contribution in [-0.4, -0.2) is 29.6 Å². The monoisotopic (exact) mass is 179 g/mol. The summed E-state index contributed by atoms with van der Waals surface area (Å²) in [7, 11) is 0. The molecule has 0 aromatic rings. The Morgan fingerprint density at radius 2 is 2.36 bits per heavy atom. The number of aliphatic hydroxyl groups excluding tert-OH is 1. The molecule has 11 heavy (non-hydrogen) atoms. The number of aliphatic hydroxyl groups is 1. The van der Waals surface area contributed by atoms with Crippen molar-refractivity contribution < 1.29 is 9.90 Å². The first-order chi connectivity index (χ1) is 4.75. The number of hydrogen-bond acceptors (Lipinski definition) is 3. The molecule has 3 nitrogen and oxygen atoms in total. The van der Waals surface area contributed by atoms with Gasteiger partial charge in [0.2, 0.25) is 0 Å². The number of halogens is 1. The van der Waals surface area contributed by atoms with Gasteiger partial charge in [0.15, 0.2) is 5.78 Å². The first-order valence-corrected chi connectivity index (χ1v) is 3.70.